The molecule has 232 valence electrons. The van der Waals surface area contributed by atoms with Gasteiger partial charge in [0.05, 0.1) is 24.5 Å². The van der Waals surface area contributed by atoms with Gasteiger partial charge in [-0.2, -0.15) is 0 Å². The van der Waals surface area contributed by atoms with Crippen molar-refractivity contribution < 1.29 is 28.5 Å². The first-order chi connectivity index (χ1) is 20.8. The van der Waals surface area contributed by atoms with Crippen molar-refractivity contribution in [2.45, 2.75) is 44.9 Å². The summed E-state index contributed by atoms with van der Waals surface area (Å²) in [7, 11) is -3.59. The number of phenols is 2. The second-order valence-electron chi connectivity index (χ2n) is 11.6. The van der Waals surface area contributed by atoms with Crippen molar-refractivity contribution in [3.63, 3.8) is 0 Å². The van der Waals surface area contributed by atoms with Crippen LogP contribution in [0.5, 0.6) is 11.5 Å². The van der Waals surface area contributed by atoms with E-state index in [4.69, 9.17) is 0 Å². The maximum atomic E-state index is 12.9. The number of nitrogens with one attached hydrogen (secondary N) is 3. The molecule has 0 aliphatic rings. The highest BCUT2D eigenvalue weighted by Crippen LogP contribution is 2.31. The number of rotatable bonds is 13. The lowest BCUT2D eigenvalue weighted by Crippen LogP contribution is -2.43. The summed E-state index contributed by atoms with van der Waals surface area (Å²) >= 11 is 0. The number of amides is 1. The molecule has 0 saturated heterocycles. The van der Waals surface area contributed by atoms with Gasteiger partial charge in [-0.05, 0) is 66.3 Å². The molecule has 0 aliphatic heterocycles. The van der Waals surface area contributed by atoms with Crippen molar-refractivity contribution in [3.05, 3.63) is 113 Å². The number of sulfonamides is 1. The summed E-state index contributed by atoms with van der Waals surface area (Å²) in [6.07, 6.45) is 0.880. The third-order valence-electron chi connectivity index (χ3n) is 7.16. The molecule has 4 rings (SSSR count). The summed E-state index contributed by atoms with van der Waals surface area (Å²) in [6, 6.07) is 26.9. The fraction of sp³-hybridized carbons (Fsp3) is 0.265. The minimum atomic E-state index is -3.59. The van der Waals surface area contributed by atoms with Crippen LogP contribution in [0.4, 0.5) is 5.69 Å². The molecule has 1 amide bonds. The Morgan fingerprint density at radius 1 is 0.841 bits per heavy atom. The predicted molar refractivity (Wildman–Crippen MR) is 173 cm³/mol. The van der Waals surface area contributed by atoms with Gasteiger partial charge in [0.15, 0.2) is 0 Å². The number of aliphatic hydroxyl groups is 1. The van der Waals surface area contributed by atoms with Gasteiger partial charge in [0.2, 0.25) is 15.9 Å². The SMILES string of the molecule is CC(C)(Cc1cccc(CC(=O)NCc2ccccc2-c2ccccc2O)c1)NC[C@@H](O)c1ccc(O)c(NS(C)(=O)=O)c1. The Bertz CT molecular complexity index is 1720. The molecule has 4 aromatic rings. The lowest BCUT2D eigenvalue weighted by atomic mass is 9.93. The molecule has 0 spiro atoms. The van der Waals surface area contributed by atoms with Gasteiger partial charge in [-0.1, -0.05) is 72.8 Å². The molecular formula is C34H39N3O6S. The van der Waals surface area contributed by atoms with E-state index in [0.29, 0.717) is 24.1 Å². The Hall–Kier alpha value is -4.38. The molecule has 0 fully saturated rings. The Morgan fingerprint density at radius 2 is 1.52 bits per heavy atom. The number of aromatic hydroxyl groups is 2. The van der Waals surface area contributed by atoms with Gasteiger partial charge in [-0.15, -0.1) is 0 Å². The highest BCUT2D eigenvalue weighted by atomic mass is 32.2. The topological polar surface area (TPSA) is 148 Å². The van der Waals surface area contributed by atoms with Crippen LogP contribution >= 0.6 is 0 Å². The Labute approximate surface area is 258 Å². The van der Waals surface area contributed by atoms with Gasteiger partial charge in [-0.3, -0.25) is 9.52 Å². The van der Waals surface area contributed by atoms with E-state index in [2.05, 4.69) is 15.4 Å². The summed E-state index contributed by atoms with van der Waals surface area (Å²) in [6.45, 7) is 4.54. The standard InChI is InChI=1S/C34H39N3O6S/c1-34(2,36-22-32(40)25-15-16-31(39)29(19-25)37-44(3,42)43)20-24-10-8-9-23(17-24)18-33(41)35-21-26-11-4-5-12-27(26)28-13-6-7-14-30(28)38/h4-17,19,32,36-40H,18,20-22H2,1-3H3,(H,35,41)/t32-/m1/s1. The van der Waals surface area contributed by atoms with Crippen LogP contribution in [0.25, 0.3) is 11.1 Å². The monoisotopic (exact) mass is 617 g/mol. The van der Waals surface area contributed by atoms with Crippen LogP contribution in [0, 0.1) is 0 Å². The van der Waals surface area contributed by atoms with Crippen molar-refractivity contribution in [1.82, 2.24) is 10.6 Å². The van der Waals surface area contributed by atoms with Crippen LogP contribution in [0.3, 0.4) is 0 Å². The van der Waals surface area contributed by atoms with E-state index in [9.17, 15) is 28.5 Å². The van der Waals surface area contributed by atoms with Gasteiger partial charge in [0.1, 0.15) is 11.5 Å². The summed E-state index contributed by atoms with van der Waals surface area (Å²) in [5.74, 6) is -0.162. The maximum absolute atomic E-state index is 12.9. The number of phenolic OH excluding ortho intramolecular Hbond substituents is 2. The number of anilines is 1. The van der Waals surface area contributed by atoms with Crippen molar-refractivity contribution in [1.29, 1.82) is 0 Å². The third-order valence-corrected chi connectivity index (χ3v) is 7.76. The fourth-order valence-electron chi connectivity index (χ4n) is 5.04. The molecule has 0 unspecified atom stereocenters. The maximum Gasteiger partial charge on any atom is 0.229 e. The zero-order chi connectivity index (χ0) is 31.9. The Morgan fingerprint density at radius 3 is 2.25 bits per heavy atom. The van der Waals surface area contributed by atoms with E-state index in [0.717, 1.165) is 28.5 Å². The lowest BCUT2D eigenvalue weighted by molar-refractivity contribution is -0.120. The van der Waals surface area contributed by atoms with Gasteiger partial charge >= 0.3 is 0 Å². The van der Waals surface area contributed by atoms with E-state index < -0.39 is 21.7 Å². The second kappa shape index (κ2) is 13.9. The highest BCUT2D eigenvalue weighted by molar-refractivity contribution is 7.92. The van der Waals surface area contributed by atoms with Crippen molar-refractivity contribution in [2.24, 2.45) is 0 Å². The van der Waals surface area contributed by atoms with Crippen LogP contribution in [0.15, 0.2) is 91.0 Å². The number of hydrogen-bond donors (Lipinski definition) is 6. The summed E-state index contributed by atoms with van der Waals surface area (Å²) in [4.78, 5) is 12.9. The number of carbonyl (C=O) groups excluding carboxylic acids is 1. The van der Waals surface area contributed by atoms with Gasteiger partial charge < -0.3 is 26.0 Å². The summed E-state index contributed by atoms with van der Waals surface area (Å²) < 4.78 is 25.4. The number of benzene rings is 4. The van der Waals surface area contributed by atoms with Crippen molar-refractivity contribution >= 4 is 21.6 Å². The molecule has 0 radical (unpaired) electrons. The molecule has 1 atom stereocenters. The number of β-amino-alcohol motifs (C(OH)–C–C–N with tert-alkyl or cyclic N) is 1. The number of para-hydroxylation sites is 1. The van der Waals surface area contributed by atoms with E-state index in [-0.39, 0.29) is 36.1 Å². The minimum absolute atomic E-state index is 0.00358. The molecule has 0 aliphatic carbocycles. The largest absolute Gasteiger partial charge is 0.507 e. The molecular weight excluding hydrogens is 578 g/mol. The number of carbonyl (C=O) groups is 1. The zero-order valence-electron chi connectivity index (χ0n) is 25.0. The second-order valence-corrected chi connectivity index (χ2v) is 13.3. The highest BCUT2D eigenvalue weighted by Gasteiger charge is 2.21. The quantitative estimate of drug-likeness (QED) is 0.120. The smallest absolute Gasteiger partial charge is 0.229 e. The average molecular weight is 618 g/mol. The number of aliphatic hydroxyl groups excluding tert-OH is 1. The van der Waals surface area contributed by atoms with Crippen molar-refractivity contribution in [2.75, 3.05) is 17.5 Å². The number of hydrogen-bond acceptors (Lipinski definition) is 7. The fourth-order valence-corrected chi connectivity index (χ4v) is 5.60. The first-order valence-electron chi connectivity index (χ1n) is 14.2. The van der Waals surface area contributed by atoms with Crippen LogP contribution < -0.4 is 15.4 Å². The van der Waals surface area contributed by atoms with Crippen LogP contribution in [-0.4, -0.2) is 48.0 Å². The average Bonchev–Trinajstić information content (AvgIpc) is 2.96. The van der Waals surface area contributed by atoms with Gasteiger partial charge in [0, 0.05) is 24.2 Å². The molecule has 0 aromatic heterocycles. The Kier molecular flexibility index (Phi) is 10.3. The van der Waals surface area contributed by atoms with Crippen LogP contribution in [0.1, 0.15) is 42.2 Å². The molecule has 0 heterocycles. The van der Waals surface area contributed by atoms with E-state index >= 15 is 0 Å². The first-order valence-corrected chi connectivity index (χ1v) is 16.1. The van der Waals surface area contributed by atoms with Crippen molar-refractivity contribution in [3.8, 4) is 22.6 Å². The summed E-state index contributed by atoms with van der Waals surface area (Å²) in [5.41, 5.74) is 4.42. The van der Waals surface area contributed by atoms with Crippen LogP contribution in [-0.2, 0) is 34.2 Å². The first kappa shape index (κ1) is 32.5. The zero-order valence-corrected chi connectivity index (χ0v) is 25.9. The van der Waals surface area contributed by atoms with E-state index in [1.165, 1.54) is 12.1 Å². The predicted octanol–water partition coefficient (Wildman–Crippen LogP) is 4.64. The molecule has 44 heavy (non-hydrogen) atoms. The third kappa shape index (κ3) is 9.31. The van der Waals surface area contributed by atoms with Gasteiger partial charge in [-0.25, -0.2) is 8.42 Å². The molecule has 10 heteroatoms. The normalized spacial score (nSPS) is 12.5. The van der Waals surface area contributed by atoms with E-state index in [1.54, 1.807) is 18.2 Å². The van der Waals surface area contributed by atoms with Gasteiger partial charge in [0.25, 0.3) is 0 Å². The minimum Gasteiger partial charge on any atom is -0.507 e. The molecule has 0 saturated carbocycles. The molecule has 9 nitrogen and oxygen atoms in total. The molecule has 4 aromatic carbocycles. The van der Waals surface area contributed by atoms with Crippen LogP contribution in [0.2, 0.25) is 0 Å². The lowest BCUT2D eigenvalue weighted by Gasteiger charge is -2.28. The molecule has 0 bridgehead atoms. The van der Waals surface area contributed by atoms with E-state index in [1.807, 2.05) is 74.5 Å². The summed E-state index contributed by atoms with van der Waals surface area (Å²) in [5, 5.41) is 37.4. The Balaban J connectivity index is 1.33. The molecule has 6 N–H and O–H groups in total.